The summed E-state index contributed by atoms with van der Waals surface area (Å²) in [5, 5.41) is 33.0. The predicted octanol–water partition coefficient (Wildman–Crippen LogP) is 14.4. The molecule has 0 spiro atoms. The highest BCUT2D eigenvalue weighted by Gasteiger charge is 2.22. The van der Waals surface area contributed by atoms with Crippen molar-refractivity contribution in [1.29, 1.82) is 0 Å². The highest BCUT2D eigenvalue weighted by molar-refractivity contribution is 5.80. The molecule has 0 aliphatic heterocycles. The molecule has 0 rings (SSSR count). The molecule has 0 aliphatic rings. The monoisotopic (exact) mass is 764 g/mol. The van der Waals surface area contributed by atoms with E-state index in [0.29, 0.717) is 6.42 Å². The van der Waals surface area contributed by atoms with Crippen LogP contribution >= 0.6 is 0 Å². The van der Waals surface area contributed by atoms with Gasteiger partial charge in [0.2, 0.25) is 5.91 Å². The molecular weight excluding hydrogens is 667 g/mol. The predicted molar refractivity (Wildman–Crippen MR) is 236 cm³/mol. The van der Waals surface area contributed by atoms with E-state index in [4.69, 9.17) is 0 Å². The molecule has 0 aliphatic carbocycles. The van der Waals surface area contributed by atoms with Gasteiger partial charge in [-0.05, 0) is 19.3 Å². The maximum absolute atomic E-state index is 12.4. The molecule has 0 heterocycles. The van der Waals surface area contributed by atoms with Crippen LogP contribution in [-0.2, 0) is 4.79 Å². The lowest BCUT2D eigenvalue weighted by Gasteiger charge is -2.21. The quantitative estimate of drug-likeness (QED) is 0.0367. The van der Waals surface area contributed by atoms with Gasteiger partial charge in [-0.3, -0.25) is 4.79 Å². The highest BCUT2D eigenvalue weighted by Crippen LogP contribution is 2.17. The number of carbonyl (C=O) groups is 1. The molecule has 0 saturated heterocycles. The van der Waals surface area contributed by atoms with Crippen LogP contribution in [0, 0.1) is 0 Å². The zero-order chi connectivity index (χ0) is 39.4. The largest absolute Gasteiger partial charge is 0.394 e. The Morgan fingerprint density at radius 1 is 0.444 bits per heavy atom. The lowest BCUT2D eigenvalue weighted by molar-refractivity contribution is -0.131. The lowest BCUT2D eigenvalue weighted by Crippen LogP contribution is -2.48. The number of unbranched alkanes of at least 4 members (excludes halogenated alkanes) is 37. The van der Waals surface area contributed by atoms with Gasteiger partial charge in [0, 0.05) is 0 Å². The molecule has 5 heteroatoms. The Morgan fingerprint density at radius 2 is 0.722 bits per heavy atom. The minimum Gasteiger partial charge on any atom is -0.394 e. The molecular formula is C49H97NO4. The van der Waals surface area contributed by atoms with Crippen molar-refractivity contribution >= 4 is 5.91 Å². The first kappa shape index (κ1) is 53.1. The number of aliphatic hydroxyl groups is 3. The first-order chi connectivity index (χ1) is 26.6. The zero-order valence-electron chi connectivity index (χ0n) is 36.6. The maximum Gasteiger partial charge on any atom is 0.249 e. The van der Waals surface area contributed by atoms with Crippen LogP contribution in [0.3, 0.4) is 0 Å². The van der Waals surface area contributed by atoms with Crippen molar-refractivity contribution in [1.82, 2.24) is 5.32 Å². The summed E-state index contributed by atoms with van der Waals surface area (Å²) in [7, 11) is 0. The number of carbonyl (C=O) groups excluding carboxylic acids is 1. The number of allylic oxidation sites excluding steroid dienone is 1. The first-order valence-electron chi connectivity index (χ1n) is 24.5. The Hall–Kier alpha value is -0.910. The van der Waals surface area contributed by atoms with Crippen LogP contribution in [0.2, 0.25) is 0 Å². The Bertz CT molecular complexity index is 758. The standard InChI is InChI=1S/C49H97NO4/c1-3-5-7-9-11-13-14-15-16-17-18-19-20-21-22-23-24-25-26-27-28-29-30-31-32-33-34-36-38-40-42-44-48(53)49(54)50-46(45-51)47(52)43-41-39-37-35-12-10-8-6-4-2/h41,43,46-48,51-53H,3-40,42,44-45H2,1-2H3,(H,50,54)/b43-41+. The maximum atomic E-state index is 12.4. The van der Waals surface area contributed by atoms with Gasteiger partial charge >= 0.3 is 0 Å². The van der Waals surface area contributed by atoms with Gasteiger partial charge in [-0.25, -0.2) is 0 Å². The van der Waals surface area contributed by atoms with Crippen LogP contribution < -0.4 is 5.32 Å². The molecule has 3 unspecified atom stereocenters. The van der Waals surface area contributed by atoms with Crippen molar-refractivity contribution in [3.63, 3.8) is 0 Å². The number of aliphatic hydroxyl groups excluding tert-OH is 3. The van der Waals surface area contributed by atoms with E-state index in [9.17, 15) is 20.1 Å². The molecule has 4 N–H and O–H groups in total. The van der Waals surface area contributed by atoms with Gasteiger partial charge in [0.25, 0.3) is 0 Å². The van der Waals surface area contributed by atoms with E-state index in [1.165, 1.54) is 218 Å². The Kier molecular flexibility index (Phi) is 44.0. The average Bonchev–Trinajstić information content (AvgIpc) is 3.18. The van der Waals surface area contributed by atoms with Crippen molar-refractivity contribution in [3.8, 4) is 0 Å². The average molecular weight is 764 g/mol. The SMILES string of the molecule is CCCCCCCCC/C=C/C(O)C(CO)NC(=O)C(O)CCCCCCCCCCCCCCCCCCCCCCCCCCCCCCCCC. The number of hydrogen-bond acceptors (Lipinski definition) is 4. The van der Waals surface area contributed by atoms with Crippen LogP contribution in [-0.4, -0.2) is 46.1 Å². The molecule has 0 saturated carbocycles. The van der Waals surface area contributed by atoms with Gasteiger partial charge < -0.3 is 20.6 Å². The van der Waals surface area contributed by atoms with Crippen LogP contribution in [0.1, 0.15) is 271 Å². The van der Waals surface area contributed by atoms with Gasteiger partial charge in [0.15, 0.2) is 0 Å². The Balaban J connectivity index is 3.44. The minimum atomic E-state index is -1.09. The second kappa shape index (κ2) is 44.8. The number of nitrogens with one attached hydrogen (secondary N) is 1. The summed E-state index contributed by atoms with van der Waals surface area (Å²) in [6.07, 6.45) is 54.4. The topological polar surface area (TPSA) is 89.8 Å². The third-order valence-electron chi connectivity index (χ3n) is 11.6. The molecule has 54 heavy (non-hydrogen) atoms. The van der Waals surface area contributed by atoms with Crippen LogP contribution in [0.15, 0.2) is 12.2 Å². The van der Waals surface area contributed by atoms with E-state index >= 15 is 0 Å². The molecule has 0 radical (unpaired) electrons. The summed E-state index contributed by atoms with van der Waals surface area (Å²) < 4.78 is 0. The van der Waals surface area contributed by atoms with E-state index in [1.807, 2.05) is 6.08 Å². The summed E-state index contributed by atoms with van der Waals surface area (Å²) in [4.78, 5) is 12.4. The van der Waals surface area contributed by atoms with Gasteiger partial charge in [-0.15, -0.1) is 0 Å². The molecule has 0 aromatic rings. The van der Waals surface area contributed by atoms with Gasteiger partial charge in [-0.1, -0.05) is 264 Å². The fraction of sp³-hybridized carbons (Fsp3) is 0.939. The molecule has 0 fully saturated rings. The smallest absolute Gasteiger partial charge is 0.249 e. The molecule has 5 nitrogen and oxygen atoms in total. The van der Waals surface area contributed by atoms with Crippen molar-refractivity contribution < 1.29 is 20.1 Å². The minimum absolute atomic E-state index is 0.360. The molecule has 0 bridgehead atoms. The molecule has 1 amide bonds. The van der Waals surface area contributed by atoms with E-state index in [1.54, 1.807) is 6.08 Å². The second-order valence-corrected chi connectivity index (χ2v) is 17.0. The second-order valence-electron chi connectivity index (χ2n) is 17.0. The molecule has 3 atom stereocenters. The van der Waals surface area contributed by atoms with Gasteiger partial charge in [-0.2, -0.15) is 0 Å². The Morgan fingerprint density at radius 3 is 1.02 bits per heavy atom. The summed E-state index contributed by atoms with van der Waals surface area (Å²) >= 11 is 0. The van der Waals surface area contributed by atoms with Crippen LogP contribution in [0.4, 0.5) is 0 Å². The fourth-order valence-electron chi connectivity index (χ4n) is 7.78. The van der Waals surface area contributed by atoms with E-state index in [0.717, 1.165) is 32.1 Å². The third kappa shape index (κ3) is 39.3. The van der Waals surface area contributed by atoms with Gasteiger partial charge in [0.05, 0.1) is 18.8 Å². The molecule has 0 aromatic heterocycles. The van der Waals surface area contributed by atoms with Crippen LogP contribution in [0.5, 0.6) is 0 Å². The zero-order valence-corrected chi connectivity index (χ0v) is 36.6. The van der Waals surface area contributed by atoms with E-state index in [-0.39, 0.29) is 6.61 Å². The normalized spacial score (nSPS) is 13.5. The highest BCUT2D eigenvalue weighted by atomic mass is 16.3. The van der Waals surface area contributed by atoms with Crippen molar-refractivity contribution in [2.75, 3.05) is 6.61 Å². The van der Waals surface area contributed by atoms with Crippen molar-refractivity contribution in [2.24, 2.45) is 0 Å². The molecule has 322 valence electrons. The third-order valence-corrected chi connectivity index (χ3v) is 11.6. The van der Waals surface area contributed by atoms with E-state index in [2.05, 4.69) is 19.2 Å². The number of hydrogen-bond donors (Lipinski definition) is 4. The van der Waals surface area contributed by atoms with E-state index < -0.39 is 24.2 Å². The summed E-state index contributed by atoms with van der Waals surface area (Å²) in [5.41, 5.74) is 0. The van der Waals surface area contributed by atoms with Gasteiger partial charge in [0.1, 0.15) is 6.10 Å². The first-order valence-corrected chi connectivity index (χ1v) is 24.5. The van der Waals surface area contributed by atoms with Crippen molar-refractivity contribution in [3.05, 3.63) is 12.2 Å². The van der Waals surface area contributed by atoms with Crippen LogP contribution in [0.25, 0.3) is 0 Å². The fourth-order valence-corrected chi connectivity index (χ4v) is 7.78. The lowest BCUT2D eigenvalue weighted by atomic mass is 10.0. The summed E-state index contributed by atoms with van der Waals surface area (Å²) in [6, 6.07) is -0.791. The molecule has 0 aromatic carbocycles. The van der Waals surface area contributed by atoms with Crippen molar-refractivity contribution in [2.45, 2.75) is 289 Å². The summed E-state index contributed by atoms with van der Waals surface area (Å²) in [6.45, 7) is 4.17. The summed E-state index contributed by atoms with van der Waals surface area (Å²) in [5.74, 6) is -0.501. The number of amides is 1. The number of rotatable bonds is 45. The Labute approximate surface area is 338 Å².